The summed E-state index contributed by atoms with van der Waals surface area (Å²) in [5.74, 6) is 1.70. The second-order valence-corrected chi connectivity index (χ2v) is 9.71. The molecule has 9 nitrogen and oxygen atoms in total. The smallest absolute Gasteiger partial charge is 0.328 e. The van der Waals surface area contributed by atoms with Crippen molar-refractivity contribution in [1.82, 2.24) is 19.4 Å². The lowest BCUT2D eigenvalue weighted by atomic mass is 10.1. The number of anilines is 1. The van der Waals surface area contributed by atoms with E-state index in [1.165, 1.54) is 15.9 Å². The summed E-state index contributed by atoms with van der Waals surface area (Å²) in [5.41, 5.74) is 1.63. The zero-order valence-corrected chi connectivity index (χ0v) is 19.6. The molecule has 2 aliphatic rings. The molecule has 0 spiro atoms. The van der Waals surface area contributed by atoms with Crippen molar-refractivity contribution >= 4 is 37.5 Å². The minimum atomic E-state index is -0.378. The van der Waals surface area contributed by atoms with Gasteiger partial charge in [-0.25, -0.2) is 4.79 Å². The highest BCUT2D eigenvalue weighted by molar-refractivity contribution is 7.25. The first-order valence-corrected chi connectivity index (χ1v) is 12.2. The van der Waals surface area contributed by atoms with Crippen LogP contribution in [0.2, 0.25) is 0 Å². The molecule has 1 unspecified atom stereocenters. The fourth-order valence-corrected chi connectivity index (χ4v) is 6.12. The van der Waals surface area contributed by atoms with E-state index in [0.29, 0.717) is 35.3 Å². The number of piperazine rings is 1. The Kier molecular flexibility index (Phi) is 5.26. The van der Waals surface area contributed by atoms with E-state index in [1.54, 1.807) is 13.3 Å². The molecule has 6 rings (SSSR count). The summed E-state index contributed by atoms with van der Waals surface area (Å²) in [7, 11) is 1.69. The lowest BCUT2D eigenvalue weighted by Crippen LogP contribution is -2.57. The molecule has 1 aromatic carbocycles. The highest BCUT2D eigenvalue weighted by Crippen LogP contribution is 2.42. The summed E-state index contributed by atoms with van der Waals surface area (Å²) in [6.07, 6.45) is 2.38. The van der Waals surface area contributed by atoms with Crippen LogP contribution in [0.5, 0.6) is 11.5 Å². The SMILES string of the molecule is COc1cccc2c1N1CCN(CCCn3c(=O)[nH]c4c(sc5cccnc54)c3=O)CC1CO2. The monoisotopic (exact) mass is 479 g/mol. The molecule has 0 amide bonds. The molecule has 1 atom stereocenters. The summed E-state index contributed by atoms with van der Waals surface area (Å²) in [6.45, 7) is 4.46. The largest absolute Gasteiger partial charge is 0.494 e. The molecular formula is C24H25N5O4S. The highest BCUT2D eigenvalue weighted by atomic mass is 32.1. The Labute approximate surface area is 199 Å². The topological polar surface area (TPSA) is 92.7 Å². The molecule has 2 aliphatic heterocycles. The number of hydrogen-bond acceptors (Lipinski definition) is 8. The van der Waals surface area contributed by atoms with Crippen molar-refractivity contribution in [3.63, 3.8) is 0 Å². The minimum Gasteiger partial charge on any atom is -0.494 e. The number of nitrogens with zero attached hydrogens (tertiary/aromatic N) is 4. The van der Waals surface area contributed by atoms with Crippen LogP contribution in [-0.4, -0.2) is 65.4 Å². The minimum absolute atomic E-state index is 0.240. The predicted octanol–water partition coefficient (Wildman–Crippen LogP) is 2.28. The van der Waals surface area contributed by atoms with Crippen LogP contribution in [0.25, 0.3) is 20.4 Å². The fraction of sp³-hybridized carbons (Fsp3) is 0.375. The van der Waals surface area contributed by atoms with E-state index in [4.69, 9.17) is 9.47 Å². The number of aromatic nitrogens is 3. The summed E-state index contributed by atoms with van der Waals surface area (Å²) < 4.78 is 14.3. The third-order valence-corrected chi connectivity index (χ3v) is 7.82. The second-order valence-electron chi connectivity index (χ2n) is 8.66. The summed E-state index contributed by atoms with van der Waals surface area (Å²) in [4.78, 5) is 37.7. The molecule has 0 radical (unpaired) electrons. The van der Waals surface area contributed by atoms with Gasteiger partial charge in [-0.05, 0) is 37.2 Å². The van der Waals surface area contributed by atoms with Crippen LogP contribution in [-0.2, 0) is 6.54 Å². The van der Waals surface area contributed by atoms with E-state index < -0.39 is 0 Å². The summed E-state index contributed by atoms with van der Waals surface area (Å²) >= 11 is 1.38. The van der Waals surface area contributed by atoms with Crippen LogP contribution in [0.4, 0.5) is 5.69 Å². The van der Waals surface area contributed by atoms with Gasteiger partial charge in [0, 0.05) is 32.4 Å². The molecule has 0 saturated carbocycles. The lowest BCUT2D eigenvalue weighted by Gasteiger charge is -2.46. The molecule has 10 heteroatoms. The Morgan fingerprint density at radius 2 is 2.12 bits per heavy atom. The third kappa shape index (κ3) is 3.45. The van der Waals surface area contributed by atoms with Crippen molar-refractivity contribution in [2.75, 3.05) is 44.8 Å². The molecule has 1 saturated heterocycles. The summed E-state index contributed by atoms with van der Waals surface area (Å²) in [5, 5.41) is 0. The first kappa shape index (κ1) is 21.2. The van der Waals surface area contributed by atoms with Gasteiger partial charge in [0.25, 0.3) is 5.56 Å². The number of thiophene rings is 1. The number of methoxy groups -OCH3 is 1. The van der Waals surface area contributed by atoms with Gasteiger partial charge < -0.3 is 19.4 Å². The van der Waals surface area contributed by atoms with Crippen molar-refractivity contribution in [2.45, 2.75) is 19.0 Å². The number of benzene rings is 1. The number of aromatic amines is 1. The van der Waals surface area contributed by atoms with Gasteiger partial charge in [-0.2, -0.15) is 0 Å². The lowest BCUT2D eigenvalue weighted by molar-refractivity contribution is 0.163. The van der Waals surface area contributed by atoms with Crippen LogP contribution in [0, 0.1) is 0 Å². The number of hydrogen-bond donors (Lipinski definition) is 1. The van der Waals surface area contributed by atoms with Gasteiger partial charge in [-0.1, -0.05) is 6.07 Å². The average molecular weight is 480 g/mol. The van der Waals surface area contributed by atoms with Gasteiger partial charge in [-0.3, -0.25) is 19.2 Å². The molecule has 176 valence electrons. The molecular weight excluding hydrogens is 454 g/mol. The molecule has 3 aromatic heterocycles. The summed E-state index contributed by atoms with van der Waals surface area (Å²) in [6, 6.07) is 9.89. The Morgan fingerprint density at radius 1 is 1.21 bits per heavy atom. The Balaban J connectivity index is 1.15. The normalized spacial score (nSPS) is 18.0. The number of rotatable bonds is 5. The maximum Gasteiger partial charge on any atom is 0.328 e. The van der Waals surface area contributed by atoms with Gasteiger partial charge in [0.05, 0.1) is 23.4 Å². The molecule has 4 aromatic rings. The third-order valence-electron chi connectivity index (χ3n) is 6.69. The van der Waals surface area contributed by atoms with Gasteiger partial charge in [0.1, 0.15) is 34.0 Å². The molecule has 1 fully saturated rings. The van der Waals surface area contributed by atoms with Crippen LogP contribution >= 0.6 is 11.3 Å². The van der Waals surface area contributed by atoms with Gasteiger partial charge in [0.15, 0.2) is 0 Å². The van der Waals surface area contributed by atoms with E-state index in [1.807, 2.05) is 30.3 Å². The van der Waals surface area contributed by atoms with Crippen molar-refractivity contribution < 1.29 is 9.47 Å². The highest BCUT2D eigenvalue weighted by Gasteiger charge is 2.34. The Hall–Kier alpha value is -3.37. The van der Waals surface area contributed by atoms with Crippen LogP contribution in [0.15, 0.2) is 46.1 Å². The van der Waals surface area contributed by atoms with E-state index in [-0.39, 0.29) is 17.3 Å². The first-order valence-electron chi connectivity index (χ1n) is 11.4. The van der Waals surface area contributed by atoms with E-state index in [9.17, 15) is 9.59 Å². The Bertz CT molecular complexity index is 1480. The number of ether oxygens (including phenoxy) is 2. The second kappa shape index (κ2) is 8.44. The van der Waals surface area contributed by atoms with E-state index in [2.05, 4.69) is 19.8 Å². The average Bonchev–Trinajstić information content (AvgIpc) is 3.24. The molecule has 0 aliphatic carbocycles. The number of pyridine rings is 1. The fourth-order valence-electron chi connectivity index (χ4n) is 5.05. The van der Waals surface area contributed by atoms with E-state index >= 15 is 0 Å². The molecule has 0 bridgehead atoms. The van der Waals surface area contributed by atoms with Gasteiger partial charge in [-0.15, -0.1) is 11.3 Å². The zero-order valence-electron chi connectivity index (χ0n) is 18.8. The quantitative estimate of drug-likeness (QED) is 0.470. The van der Waals surface area contributed by atoms with Crippen LogP contribution in [0.1, 0.15) is 6.42 Å². The van der Waals surface area contributed by atoms with Gasteiger partial charge >= 0.3 is 5.69 Å². The maximum absolute atomic E-state index is 13.0. The molecule has 1 N–H and O–H groups in total. The number of nitrogens with one attached hydrogen (secondary N) is 1. The van der Waals surface area contributed by atoms with Crippen molar-refractivity contribution in [1.29, 1.82) is 0 Å². The molecule has 5 heterocycles. The maximum atomic E-state index is 13.0. The number of para-hydroxylation sites is 1. The van der Waals surface area contributed by atoms with Crippen molar-refractivity contribution in [2.24, 2.45) is 0 Å². The van der Waals surface area contributed by atoms with Gasteiger partial charge in [0.2, 0.25) is 0 Å². The van der Waals surface area contributed by atoms with Crippen molar-refractivity contribution in [3.8, 4) is 11.5 Å². The van der Waals surface area contributed by atoms with Crippen molar-refractivity contribution in [3.05, 3.63) is 57.4 Å². The molecule has 34 heavy (non-hydrogen) atoms. The Morgan fingerprint density at radius 3 is 3.00 bits per heavy atom. The van der Waals surface area contributed by atoms with Crippen LogP contribution in [0.3, 0.4) is 0 Å². The standard InChI is InChI=1S/C24H25N5O4S/c1-32-16-5-2-6-17-21(16)28-12-11-27(13-15(28)14-33-17)9-4-10-29-23(30)22-20(26-24(29)31)19-18(34-22)7-3-8-25-19/h2-3,5-8,15H,4,9-14H2,1H3,(H,26,31). The van der Waals surface area contributed by atoms with E-state index in [0.717, 1.165) is 48.1 Å². The predicted molar refractivity (Wildman–Crippen MR) is 133 cm³/mol. The zero-order chi connectivity index (χ0) is 23.2. The number of H-pyrrole nitrogens is 1. The first-order chi connectivity index (χ1) is 16.6. The van der Waals surface area contributed by atoms with Crippen LogP contribution < -0.4 is 25.6 Å². The number of fused-ring (bicyclic) bond motifs is 6.